The predicted octanol–water partition coefficient (Wildman–Crippen LogP) is -4.39. The Morgan fingerprint density at radius 3 is 2.03 bits per heavy atom. The Morgan fingerprint density at radius 1 is 0.923 bits per heavy atom. The number of aliphatic carboxylic acids is 2. The topological polar surface area (TPSA) is 324 Å². The van der Waals surface area contributed by atoms with Crippen molar-refractivity contribution in [2.24, 2.45) is 27.9 Å². The summed E-state index contributed by atoms with van der Waals surface area (Å²) >= 11 is 0. The third-order valence-electron chi connectivity index (χ3n) is 5.21. The van der Waals surface area contributed by atoms with E-state index in [0.717, 1.165) is 0 Å². The molecule has 0 aliphatic heterocycles. The highest BCUT2D eigenvalue weighted by atomic mass is 16.4. The molecule has 0 bridgehead atoms. The van der Waals surface area contributed by atoms with Crippen molar-refractivity contribution in [1.29, 1.82) is 0 Å². The summed E-state index contributed by atoms with van der Waals surface area (Å²) in [5.74, 6) is -6.44. The summed E-state index contributed by atoms with van der Waals surface area (Å²) in [6.07, 6.45) is 1.29. The Bertz CT molecular complexity index is 1040. The highest BCUT2D eigenvalue weighted by Crippen LogP contribution is 2.06. The summed E-state index contributed by atoms with van der Waals surface area (Å²) in [7, 11) is 0. The number of hydrogen-bond acceptors (Lipinski definition) is 9. The maximum absolute atomic E-state index is 13.0. The molecule has 4 atom stereocenters. The fourth-order valence-electron chi connectivity index (χ4n) is 3.26. The zero-order valence-corrected chi connectivity index (χ0v) is 21.0. The molecular weight excluding hydrogens is 520 g/mol. The molecule has 0 fully saturated rings. The number of carbonyl (C=O) groups excluding carboxylic acids is 4. The van der Waals surface area contributed by atoms with E-state index in [4.69, 9.17) is 28.0 Å². The van der Waals surface area contributed by atoms with Crippen LogP contribution in [0, 0.1) is 0 Å². The fourth-order valence-corrected chi connectivity index (χ4v) is 3.26. The minimum Gasteiger partial charge on any atom is -0.481 e. The molecule has 0 aliphatic rings. The smallest absolute Gasteiger partial charge is 0.326 e. The fraction of sp³-hybridized carbons (Fsp3) is 0.524. The number of imidazole rings is 1. The third-order valence-corrected chi connectivity index (χ3v) is 5.21. The molecule has 0 radical (unpaired) electrons. The molecule has 18 nitrogen and oxygen atoms in total. The SMILES string of the molecule is NC(=O)CC(N)C(=O)NC(CCC(=O)O)C(=O)NC(CCCN=C(N)N)C(=O)NC(Cc1cnc[nH]1)C(=O)O. The molecule has 0 saturated carbocycles. The van der Waals surface area contributed by atoms with Crippen LogP contribution in [0.2, 0.25) is 0 Å². The van der Waals surface area contributed by atoms with Crippen molar-refractivity contribution in [3.05, 3.63) is 18.2 Å². The van der Waals surface area contributed by atoms with Crippen molar-refractivity contribution in [3.8, 4) is 0 Å². The van der Waals surface area contributed by atoms with E-state index < -0.39 is 72.6 Å². The van der Waals surface area contributed by atoms with E-state index in [2.05, 4.69) is 30.9 Å². The van der Waals surface area contributed by atoms with Crippen molar-refractivity contribution in [3.63, 3.8) is 0 Å². The quantitative estimate of drug-likeness (QED) is 0.0467. The number of carboxylic acid groups (broad SMARTS) is 2. The zero-order chi connectivity index (χ0) is 29.5. The van der Waals surface area contributed by atoms with Crippen LogP contribution >= 0.6 is 0 Å². The van der Waals surface area contributed by atoms with Crippen LogP contribution in [0.25, 0.3) is 0 Å². The lowest BCUT2D eigenvalue weighted by atomic mass is 10.1. The van der Waals surface area contributed by atoms with Gasteiger partial charge < -0.3 is 54.1 Å². The number of carbonyl (C=O) groups is 6. The van der Waals surface area contributed by atoms with Crippen molar-refractivity contribution in [2.45, 2.75) is 62.7 Å². The minimum atomic E-state index is -1.46. The van der Waals surface area contributed by atoms with Gasteiger partial charge in [-0.25, -0.2) is 9.78 Å². The largest absolute Gasteiger partial charge is 0.481 e. The number of nitrogens with zero attached hydrogens (tertiary/aromatic N) is 2. The molecule has 0 aliphatic carbocycles. The number of hydrogen-bond donors (Lipinski definition) is 10. The van der Waals surface area contributed by atoms with Gasteiger partial charge in [-0.3, -0.25) is 29.0 Å². The van der Waals surface area contributed by atoms with E-state index in [9.17, 15) is 33.9 Å². The van der Waals surface area contributed by atoms with Gasteiger partial charge in [0, 0.05) is 31.3 Å². The lowest BCUT2D eigenvalue weighted by Crippen LogP contribution is -2.57. The molecule has 39 heavy (non-hydrogen) atoms. The molecular formula is C21H34N10O8. The van der Waals surface area contributed by atoms with Gasteiger partial charge in [0.25, 0.3) is 0 Å². The maximum Gasteiger partial charge on any atom is 0.326 e. The summed E-state index contributed by atoms with van der Waals surface area (Å²) in [5.41, 5.74) is 21.6. The van der Waals surface area contributed by atoms with Crippen molar-refractivity contribution in [2.75, 3.05) is 6.54 Å². The lowest BCUT2D eigenvalue weighted by Gasteiger charge is -2.25. The van der Waals surface area contributed by atoms with Gasteiger partial charge in [-0.05, 0) is 19.3 Å². The molecule has 0 aromatic carbocycles. The number of primary amides is 1. The summed E-state index contributed by atoms with van der Waals surface area (Å²) < 4.78 is 0. The number of nitrogens with one attached hydrogen (secondary N) is 4. The molecule has 0 spiro atoms. The van der Waals surface area contributed by atoms with Gasteiger partial charge in [-0.2, -0.15) is 0 Å². The van der Waals surface area contributed by atoms with Crippen LogP contribution in [-0.2, 0) is 35.2 Å². The van der Waals surface area contributed by atoms with Crippen LogP contribution < -0.4 is 38.9 Å². The van der Waals surface area contributed by atoms with E-state index in [-0.39, 0.29) is 38.2 Å². The summed E-state index contributed by atoms with van der Waals surface area (Å²) in [6, 6.07) is -5.57. The standard InChI is InChI=1S/C21H34N10O8/c22-11(7-15(23)32)17(35)29-13(3-4-16(33)34)19(37)30-12(2-1-5-27-21(24)25)18(36)31-14(20(38)39)6-10-8-26-9-28-10/h8-9,11-14H,1-7,22H2,(H2,23,32)(H,26,28)(H,29,35)(H,30,37)(H,31,36)(H,33,34)(H,38,39)(H4,24,25,27). The number of carboxylic acids is 2. The number of amides is 4. The van der Waals surface area contributed by atoms with E-state index in [1.54, 1.807) is 0 Å². The van der Waals surface area contributed by atoms with Crippen LogP contribution in [0.3, 0.4) is 0 Å². The normalized spacial score (nSPS) is 13.7. The van der Waals surface area contributed by atoms with Crippen LogP contribution in [-0.4, -0.2) is 92.4 Å². The maximum atomic E-state index is 13.0. The molecule has 216 valence electrons. The van der Waals surface area contributed by atoms with Gasteiger partial charge >= 0.3 is 11.9 Å². The highest BCUT2D eigenvalue weighted by Gasteiger charge is 2.31. The monoisotopic (exact) mass is 554 g/mol. The number of guanidine groups is 1. The Kier molecular flexibility index (Phi) is 13.4. The first-order chi connectivity index (χ1) is 18.3. The summed E-state index contributed by atoms with van der Waals surface area (Å²) in [5, 5.41) is 25.6. The second-order valence-corrected chi connectivity index (χ2v) is 8.46. The Hall–Kier alpha value is -4.74. The minimum absolute atomic E-state index is 0.0501. The number of aromatic nitrogens is 2. The Balaban J connectivity index is 3.08. The molecule has 4 unspecified atom stereocenters. The number of H-pyrrole nitrogens is 1. The molecule has 14 N–H and O–H groups in total. The number of aliphatic imine (C=N–C) groups is 1. The summed E-state index contributed by atoms with van der Waals surface area (Å²) in [4.78, 5) is 82.6. The van der Waals surface area contributed by atoms with Gasteiger partial charge in [-0.15, -0.1) is 0 Å². The molecule has 4 amide bonds. The van der Waals surface area contributed by atoms with Crippen molar-refractivity contribution in [1.82, 2.24) is 25.9 Å². The number of rotatable bonds is 18. The van der Waals surface area contributed by atoms with Gasteiger partial charge in [-0.1, -0.05) is 0 Å². The van der Waals surface area contributed by atoms with Gasteiger partial charge in [0.05, 0.1) is 18.8 Å². The van der Waals surface area contributed by atoms with E-state index in [0.29, 0.717) is 5.69 Å². The predicted molar refractivity (Wildman–Crippen MR) is 134 cm³/mol. The molecule has 1 aromatic rings. The average Bonchev–Trinajstić information content (AvgIpc) is 3.35. The van der Waals surface area contributed by atoms with E-state index in [1.807, 2.05) is 0 Å². The van der Waals surface area contributed by atoms with Crippen molar-refractivity contribution < 1.29 is 39.0 Å². The first-order valence-electron chi connectivity index (χ1n) is 11.7. The Morgan fingerprint density at radius 2 is 1.51 bits per heavy atom. The number of nitrogens with two attached hydrogens (primary N) is 4. The average molecular weight is 555 g/mol. The van der Waals surface area contributed by atoms with Crippen LogP contribution in [0.1, 0.15) is 37.8 Å². The first-order valence-corrected chi connectivity index (χ1v) is 11.7. The van der Waals surface area contributed by atoms with E-state index in [1.165, 1.54) is 12.5 Å². The van der Waals surface area contributed by atoms with Gasteiger partial charge in [0.2, 0.25) is 23.6 Å². The molecule has 1 aromatic heterocycles. The van der Waals surface area contributed by atoms with Crippen molar-refractivity contribution >= 4 is 41.5 Å². The van der Waals surface area contributed by atoms with Crippen LogP contribution in [0.4, 0.5) is 0 Å². The highest BCUT2D eigenvalue weighted by molar-refractivity contribution is 5.95. The second-order valence-electron chi connectivity index (χ2n) is 8.46. The zero-order valence-electron chi connectivity index (χ0n) is 21.0. The van der Waals surface area contributed by atoms with Crippen LogP contribution in [0.5, 0.6) is 0 Å². The molecule has 1 rings (SSSR count). The molecule has 0 saturated heterocycles. The number of aromatic amines is 1. The first kappa shape index (κ1) is 32.3. The third kappa shape index (κ3) is 12.9. The summed E-state index contributed by atoms with van der Waals surface area (Å²) in [6.45, 7) is 0.0830. The molecule has 1 heterocycles. The Labute approximate surface area is 222 Å². The second kappa shape index (κ2) is 16.2. The van der Waals surface area contributed by atoms with Gasteiger partial charge in [0.1, 0.15) is 18.1 Å². The van der Waals surface area contributed by atoms with Crippen LogP contribution in [0.15, 0.2) is 17.5 Å². The molecule has 18 heteroatoms. The van der Waals surface area contributed by atoms with E-state index >= 15 is 0 Å². The lowest BCUT2D eigenvalue weighted by molar-refractivity contribution is -0.142. The van der Waals surface area contributed by atoms with Gasteiger partial charge in [0.15, 0.2) is 5.96 Å².